The quantitative estimate of drug-likeness (QED) is 0.743. The number of carbonyl (C=O) groups excluding carboxylic acids is 1. The fourth-order valence-electron chi connectivity index (χ4n) is 2.09. The van der Waals surface area contributed by atoms with Crippen molar-refractivity contribution in [2.24, 2.45) is 0 Å². The predicted octanol–water partition coefficient (Wildman–Crippen LogP) is 2.59. The Kier molecular flexibility index (Phi) is 7.09. The average molecular weight is 278 g/mol. The van der Waals surface area contributed by atoms with Gasteiger partial charge in [-0.3, -0.25) is 4.79 Å². The molecular weight excluding hydrogens is 252 g/mol. The van der Waals surface area contributed by atoms with Crippen molar-refractivity contribution in [2.45, 2.75) is 25.7 Å². The third-order valence-corrected chi connectivity index (χ3v) is 3.33. The van der Waals surface area contributed by atoms with Crippen molar-refractivity contribution in [3.63, 3.8) is 0 Å². The maximum Gasteiger partial charge on any atom is 0.257 e. The summed E-state index contributed by atoms with van der Waals surface area (Å²) < 4.78 is 0. The van der Waals surface area contributed by atoms with Gasteiger partial charge in [0.2, 0.25) is 0 Å². The van der Waals surface area contributed by atoms with Gasteiger partial charge in [0.1, 0.15) is 5.75 Å². The van der Waals surface area contributed by atoms with Gasteiger partial charge in [0.25, 0.3) is 5.91 Å². The van der Waals surface area contributed by atoms with Gasteiger partial charge in [-0.2, -0.15) is 0 Å². The van der Waals surface area contributed by atoms with E-state index < -0.39 is 0 Å². The number of nitrogens with zero attached hydrogens (tertiary/aromatic N) is 2. The van der Waals surface area contributed by atoms with Gasteiger partial charge in [-0.1, -0.05) is 25.0 Å². The van der Waals surface area contributed by atoms with Crippen LogP contribution in [0.4, 0.5) is 0 Å². The molecular formula is C16H26N2O2. The van der Waals surface area contributed by atoms with Gasteiger partial charge in [0.05, 0.1) is 5.56 Å². The monoisotopic (exact) mass is 278 g/mol. The van der Waals surface area contributed by atoms with Crippen LogP contribution in [0.15, 0.2) is 24.3 Å². The van der Waals surface area contributed by atoms with Crippen LogP contribution in [-0.2, 0) is 0 Å². The van der Waals surface area contributed by atoms with E-state index >= 15 is 0 Å². The molecule has 0 aliphatic rings. The third-order valence-electron chi connectivity index (χ3n) is 3.33. The largest absolute Gasteiger partial charge is 0.507 e. The SMILES string of the molecule is CN(C)CCCCCCN(C)C(=O)c1ccccc1O. The summed E-state index contributed by atoms with van der Waals surface area (Å²) in [6.45, 7) is 1.85. The number of hydrogen-bond donors (Lipinski definition) is 1. The molecule has 0 saturated carbocycles. The van der Waals surface area contributed by atoms with Gasteiger partial charge in [0, 0.05) is 13.6 Å². The predicted molar refractivity (Wildman–Crippen MR) is 82.1 cm³/mol. The maximum absolute atomic E-state index is 12.1. The van der Waals surface area contributed by atoms with Crippen LogP contribution in [0, 0.1) is 0 Å². The lowest BCUT2D eigenvalue weighted by molar-refractivity contribution is 0.0789. The van der Waals surface area contributed by atoms with Crippen LogP contribution in [0.2, 0.25) is 0 Å². The second-order valence-electron chi connectivity index (χ2n) is 5.46. The molecule has 0 aliphatic carbocycles. The molecule has 1 aromatic rings. The molecule has 0 aromatic heterocycles. The number of para-hydroxylation sites is 1. The normalized spacial score (nSPS) is 10.8. The fraction of sp³-hybridized carbons (Fsp3) is 0.562. The molecule has 0 spiro atoms. The Morgan fingerprint density at radius 3 is 2.20 bits per heavy atom. The van der Waals surface area contributed by atoms with Crippen molar-refractivity contribution in [2.75, 3.05) is 34.2 Å². The number of aromatic hydroxyl groups is 1. The van der Waals surface area contributed by atoms with Crippen LogP contribution in [-0.4, -0.2) is 55.0 Å². The van der Waals surface area contributed by atoms with Crippen molar-refractivity contribution in [3.05, 3.63) is 29.8 Å². The summed E-state index contributed by atoms with van der Waals surface area (Å²) in [5.41, 5.74) is 0.377. The molecule has 0 aliphatic heterocycles. The topological polar surface area (TPSA) is 43.8 Å². The van der Waals surface area contributed by atoms with E-state index in [0.29, 0.717) is 5.56 Å². The lowest BCUT2D eigenvalue weighted by Gasteiger charge is -2.17. The van der Waals surface area contributed by atoms with Crippen LogP contribution in [0.3, 0.4) is 0 Å². The van der Waals surface area contributed by atoms with Crippen molar-refractivity contribution in [1.29, 1.82) is 0 Å². The first-order valence-corrected chi connectivity index (χ1v) is 7.20. The molecule has 1 aromatic carbocycles. The molecule has 0 bridgehead atoms. The zero-order chi connectivity index (χ0) is 15.0. The Balaban J connectivity index is 2.27. The Hall–Kier alpha value is -1.55. The van der Waals surface area contributed by atoms with Crippen LogP contribution in [0.5, 0.6) is 5.75 Å². The summed E-state index contributed by atoms with van der Waals surface area (Å²) >= 11 is 0. The second-order valence-corrected chi connectivity index (χ2v) is 5.46. The van der Waals surface area contributed by atoms with Crippen LogP contribution in [0.1, 0.15) is 36.0 Å². The highest BCUT2D eigenvalue weighted by molar-refractivity contribution is 5.96. The molecule has 4 nitrogen and oxygen atoms in total. The zero-order valence-electron chi connectivity index (χ0n) is 12.8. The van der Waals surface area contributed by atoms with E-state index in [4.69, 9.17) is 0 Å². The molecule has 20 heavy (non-hydrogen) atoms. The Morgan fingerprint density at radius 1 is 1.00 bits per heavy atom. The highest BCUT2D eigenvalue weighted by atomic mass is 16.3. The molecule has 0 heterocycles. The number of phenols is 1. The van der Waals surface area contributed by atoms with E-state index in [2.05, 4.69) is 19.0 Å². The summed E-state index contributed by atoms with van der Waals surface area (Å²) in [6.07, 6.45) is 4.52. The van der Waals surface area contributed by atoms with E-state index in [0.717, 1.165) is 25.9 Å². The number of phenolic OH excluding ortho intramolecular Hbond substituents is 1. The third kappa shape index (κ3) is 5.61. The minimum absolute atomic E-state index is 0.0512. The summed E-state index contributed by atoms with van der Waals surface area (Å²) in [4.78, 5) is 16.0. The van der Waals surface area contributed by atoms with E-state index in [1.165, 1.54) is 12.8 Å². The number of rotatable bonds is 8. The molecule has 112 valence electrons. The minimum atomic E-state index is -0.114. The van der Waals surface area contributed by atoms with Crippen LogP contribution >= 0.6 is 0 Å². The van der Waals surface area contributed by atoms with E-state index in [1.54, 1.807) is 36.2 Å². The smallest absolute Gasteiger partial charge is 0.257 e. The minimum Gasteiger partial charge on any atom is -0.507 e. The summed E-state index contributed by atoms with van der Waals surface area (Å²) in [6, 6.07) is 6.69. The number of carbonyl (C=O) groups is 1. The van der Waals surface area contributed by atoms with Crippen molar-refractivity contribution < 1.29 is 9.90 Å². The molecule has 4 heteroatoms. The Bertz CT molecular complexity index is 419. The Morgan fingerprint density at radius 2 is 1.60 bits per heavy atom. The molecule has 0 saturated heterocycles. The molecule has 1 amide bonds. The van der Waals surface area contributed by atoms with E-state index in [-0.39, 0.29) is 11.7 Å². The first-order chi connectivity index (χ1) is 9.52. The van der Waals surface area contributed by atoms with Gasteiger partial charge >= 0.3 is 0 Å². The molecule has 0 atom stereocenters. The summed E-state index contributed by atoms with van der Waals surface area (Å²) in [7, 11) is 5.95. The first-order valence-electron chi connectivity index (χ1n) is 7.20. The average Bonchev–Trinajstić information content (AvgIpc) is 2.42. The van der Waals surface area contributed by atoms with Gasteiger partial charge < -0.3 is 14.9 Å². The number of benzene rings is 1. The van der Waals surface area contributed by atoms with Crippen LogP contribution < -0.4 is 0 Å². The van der Waals surface area contributed by atoms with Crippen molar-refractivity contribution >= 4 is 5.91 Å². The highest BCUT2D eigenvalue weighted by Gasteiger charge is 2.14. The molecule has 0 radical (unpaired) electrons. The second kappa shape index (κ2) is 8.59. The number of amides is 1. The van der Waals surface area contributed by atoms with E-state index in [9.17, 15) is 9.90 Å². The van der Waals surface area contributed by atoms with E-state index in [1.807, 2.05) is 0 Å². The fourth-order valence-corrected chi connectivity index (χ4v) is 2.09. The maximum atomic E-state index is 12.1. The molecule has 0 unspecified atom stereocenters. The van der Waals surface area contributed by atoms with Crippen LogP contribution in [0.25, 0.3) is 0 Å². The summed E-state index contributed by atoms with van der Waals surface area (Å²) in [5, 5.41) is 9.67. The Labute approximate surface area is 122 Å². The zero-order valence-corrected chi connectivity index (χ0v) is 12.8. The number of unbranched alkanes of at least 4 members (excludes halogenated alkanes) is 3. The lowest BCUT2D eigenvalue weighted by Crippen LogP contribution is -2.27. The molecule has 1 N–H and O–H groups in total. The first kappa shape index (κ1) is 16.5. The molecule has 0 fully saturated rings. The van der Waals surface area contributed by atoms with Gasteiger partial charge in [-0.05, 0) is 45.6 Å². The van der Waals surface area contributed by atoms with Gasteiger partial charge in [0.15, 0.2) is 0 Å². The summed E-state index contributed by atoms with van der Waals surface area (Å²) in [5.74, 6) is -0.0632. The van der Waals surface area contributed by atoms with Crippen molar-refractivity contribution in [3.8, 4) is 5.75 Å². The van der Waals surface area contributed by atoms with Gasteiger partial charge in [-0.15, -0.1) is 0 Å². The lowest BCUT2D eigenvalue weighted by atomic mass is 10.1. The van der Waals surface area contributed by atoms with Gasteiger partial charge in [-0.25, -0.2) is 0 Å². The van der Waals surface area contributed by atoms with Crippen molar-refractivity contribution in [1.82, 2.24) is 9.80 Å². The standard InChI is InChI=1S/C16H26N2O2/c1-17(2)12-8-4-5-9-13-18(3)16(20)14-10-6-7-11-15(14)19/h6-7,10-11,19H,4-5,8-9,12-13H2,1-3H3. The number of hydrogen-bond acceptors (Lipinski definition) is 3. The molecule has 1 rings (SSSR count). The highest BCUT2D eigenvalue weighted by Crippen LogP contribution is 2.17.